The molecule has 0 aliphatic heterocycles. The fourth-order valence-electron chi connectivity index (χ4n) is 3.14. The van der Waals surface area contributed by atoms with Crippen LogP contribution < -0.4 is 9.47 Å². The van der Waals surface area contributed by atoms with Crippen molar-refractivity contribution in [1.29, 1.82) is 0 Å². The number of ether oxygens (including phenoxy) is 2. The van der Waals surface area contributed by atoms with Gasteiger partial charge in [-0.25, -0.2) is 0 Å². The first kappa shape index (κ1) is 15.2. The number of hydrogen-bond acceptors (Lipinski definition) is 3. The molecule has 20 heavy (non-hydrogen) atoms. The molecule has 0 radical (unpaired) electrons. The van der Waals surface area contributed by atoms with E-state index in [-0.39, 0.29) is 5.92 Å². The van der Waals surface area contributed by atoms with E-state index in [4.69, 9.17) is 9.47 Å². The molecule has 0 aromatic heterocycles. The smallest absolute Gasteiger partial charge is 0.128 e. The normalized spacial score (nSPS) is 20.4. The van der Waals surface area contributed by atoms with Gasteiger partial charge in [-0.15, -0.1) is 0 Å². The van der Waals surface area contributed by atoms with Crippen LogP contribution in [0.2, 0.25) is 0 Å². The van der Waals surface area contributed by atoms with Crippen molar-refractivity contribution in [3.63, 3.8) is 0 Å². The standard InChI is InChI=1S/C17H26O3/c1-17(2)10-8-12(9-11-17)16(18)15-13(19-3)6-5-7-14(15)20-4/h5-7,12,16,18H,8-11H2,1-4H3. The summed E-state index contributed by atoms with van der Waals surface area (Å²) in [4.78, 5) is 0. The van der Waals surface area contributed by atoms with Gasteiger partial charge in [0.2, 0.25) is 0 Å². The average Bonchev–Trinajstić information content (AvgIpc) is 2.45. The first-order chi connectivity index (χ1) is 9.48. The summed E-state index contributed by atoms with van der Waals surface area (Å²) in [6, 6.07) is 5.65. The summed E-state index contributed by atoms with van der Waals surface area (Å²) < 4.78 is 10.8. The zero-order valence-electron chi connectivity index (χ0n) is 13.0. The minimum atomic E-state index is -0.516. The molecular formula is C17H26O3. The van der Waals surface area contributed by atoms with Gasteiger partial charge in [0.05, 0.1) is 25.9 Å². The van der Waals surface area contributed by atoms with Gasteiger partial charge in [0, 0.05) is 0 Å². The van der Waals surface area contributed by atoms with Crippen molar-refractivity contribution in [3.05, 3.63) is 23.8 Å². The lowest BCUT2D eigenvalue weighted by Gasteiger charge is -2.36. The largest absolute Gasteiger partial charge is 0.496 e. The van der Waals surface area contributed by atoms with E-state index in [9.17, 15) is 5.11 Å². The minimum Gasteiger partial charge on any atom is -0.496 e. The lowest BCUT2D eigenvalue weighted by atomic mass is 9.71. The summed E-state index contributed by atoms with van der Waals surface area (Å²) in [5.74, 6) is 1.71. The molecular weight excluding hydrogens is 252 g/mol. The highest BCUT2D eigenvalue weighted by atomic mass is 16.5. The number of aliphatic hydroxyl groups is 1. The number of hydrogen-bond donors (Lipinski definition) is 1. The average molecular weight is 278 g/mol. The first-order valence-electron chi connectivity index (χ1n) is 7.37. The molecule has 2 rings (SSSR count). The maximum Gasteiger partial charge on any atom is 0.128 e. The predicted molar refractivity (Wildman–Crippen MR) is 80.2 cm³/mol. The van der Waals surface area contributed by atoms with Gasteiger partial charge < -0.3 is 14.6 Å². The van der Waals surface area contributed by atoms with E-state index in [2.05, 4.69) is 13.8 Å². The molecule has 0 amide bonds. The van der Waals surface area contributed by atoms with Crippen LogP contribution in [0.3, 0.4) is 0 Å². The third kappa shape index (κ3) is 3.09. The molecule has 1 aliphatic rings. The van der Waals surface area contributed by atoms with Gasteiger partial charge in [0.1, 0.15) is 11.5 Å². The van der Waals surface area contributed by atoms with Crippen molar-refractivity contribution in [2.45, 2.75) is 45.6 Å². The quantitative estimate of drug-likeness (QED) is 0.906. The van der Waals surface area contributed by atoms with E-state index in [0.29, 0.717) is 16.9 Å². The summed E-state index contributed by atoms with van der Waals surface area (Å²) in [6.07, 6.45) is 3.90. The van der Waals surface area contributed by atoms with Gasteiger partial charge >= 0.3 is 0 Å². The molecule has 1 fully saturated rings. The first-order valence-corrected chi connectivity index (χ1v) is 7.37. The van der Waals surface area contributed by atoms with Crippen molar-refractivity contribution in [1.82, 2.24) is 0 Å². The highest BCUT2D eigenvalue weighted by molar-refractivity contribution is 5.46. The topological polar surface area (TPSA) is 38.7 Å². The molecule has 1 saturated carbocycles. The van der Waals surface area contributed by atoms with Crippen LogP contribution in [0.1, 0.15) is 51.2 Å². The molecule has 1 unspecified atom stereocenters. The predicted octanol–water partition coefficient (Wildman–Crippen LogP) is 3.95. The van der Waals surface area contributed by atoms with Gasteiger partial charge in [-0.3, -0.25) is 0 Å². The summed E-state index contributed by atoms with van der Waals surface area (Å²) in [5.41, 5.74) is 1.20. The second kappa shape index (κ2) is 6.04. The van der Waals surface area contributed by atoms with Crippen LogP contribution in [0.4, 0.5) is 0 Å². The second-order valence-corrected chi connectivity index (χ2v) is 6.52. The van der Waals surface area contributed by atoms with Crippen LogP contribution in [-0.4, -0.2) is 19.3 Å². The van der Waals surface area contributed by atoms with E-state index in [1.807, 2.05) is 18.2 Å². The van der Waals surface area contributed by atoms with Crippen molar-refractivity contribution in [3.8, 4) is 11.5 Å². The summed E-state index contributed by atoms with van der Waals surface area (Å²) in [5, 5.41) is 10.8. The zero-order valence-corrected chi connectivity index (χ0v) is 13.0. The van der Waals surface area contributed by atoms with E-state index in [1.54, 1.807) is 14.2 Å². The number of aliphatic hydroxyl groups excluding tert-OH is 1. The summed E-state index contributed by atoms with van der Waals surface area (Å²) in [7, 11) is 3.27. The number of methoxy groups -OCH3 is 2. The minimum absolute atomic E-state index is 0.285. The Balaban J connectivity index is 2.23. The molecule has 0 bridgehead atoms. The molecule has 1 atom stereocenters. The van der Waals surface area contributed by atoms with Crippen molar-refractivity contribution >= 4 is 0 Å². The number of benzene rings is 1. The van der Waals surface area contributed by atoms with E-state index < -0.39 is 6.10 Å². The molecule has 112 valence electrons. The van der Waals surface area contributed by atoms with Gasteiger partial charge in [0.15, 0.2) is 0 Å². The van der Waals surface area contributed by atoms with Crippen LogP contribution in [0.15, 0.2) is 18.2 Å². The highest BCUT2D eigenvalue weighted by Crippen LogP contribution is 2.46. The fraction of sp³-hybridized carbons (Fsp3) is 0.647. The van der Waals surface area contributed by atoms with Crippen LogP contribution in [0, 0.1) is 11.3 Å². The van der Waals surface area contributed by atoms with Gasteiger partial charge in [-0.2, -0.15) is 0 Å². The van der Waals surface area contributed by atoms with E-state index in [1.165, 1.54) is 0 Å². The molecule has 1 aromatic carbocycles. The Morgan fingerprint density at radius 3 is 2.05 bits per heavy atom. The lowest BCUT2D eigenvalue weighted by Crippen LogP contribution is -2.25. The Labute approximate surface area is 121 Å². The van der Waals surface area contributed by atoms with Gasteiger partial charge in [-0.1, -0.05) is 19.9 Å². The van der Waals surface area contributed by atoms with Crippen molar-refractivity contribution < 1.29 is 14.6 Å². The molecule has 0 spiro atoms. The zero-order chi connectivity index (χ0) is 14.8. The van der Waals surface area contributed by atoms with Crippen molar-refractivity contribution in [2.24, 2.45) is 11.3 Å². The Morgan fingerprint density at radius 2 is 1.60 bits per heavy atom. The maximum absolute atomic E-state index is 10.8. The van der Waals surface area contributed by atoms with Crippen LogP contribution in [0.5, 0.6) is 11.5 Å². The molecule has 1 aromatic rings. The molecule has 1 aliphatic carbocycles. The van der Waals surface area contributed by atoms with Crippen LogP contribution >= 0.6 is 0 Å². The van der Waals surface area contributed by atoms with Crippen LogP contribution in [0.25, 0.3) is 0 Å². The maximum atomic E-state index is 10.8. The van der Waals surface area contributed by atoms with E-state index >= 15 is 0 Å². The summed E-state index contributed by atoms with van der Waals surface area (Å²) >= 11 is 0. The Morgan fingerprint density at radius 1 is 1.10 bits per heavy atom. The lowest BCUT2D eigenvalue weighted by molar-refractivity contribution is 0.0533. The molecule has 1 N–H and O–H groups in total. The third-order valence-electron chi connectivity index (χ3n) is 4.59. The van der Waals surface area contributed by atoms with Gasteiger partial charge in [0.25, 0.3) is 0 Å². The van der Waals surface area contributed by atoms with E-state index in [0.717, 1.165) is 31.2 Å². The van der Waals surface area contributed by atoms with Crippen LogP contribution in [-0.2, 0) is 0 Å². The monoisotopic (exact) mass is 278 g/mol. The van der Waals surface area contributed by atoms with Gasteiger partial charge in [-0.05, 0) is 49.1 Å². The Hall–Kier alpha value is -1.22. The fourth-order valence-corrected chi connectivity index (χ4v) is 3.14. The third-order valence-corrected chi connectivity index (χ3v) is 4.59. The molecule has 0 heterocycles. The van der Waals surface area contributed by atoms with Crippen molar-refractivity contribution in [2.75, 3.05) is 14.2 Å². The Kier molecular flexibility index (Phi) is 4.59. The SMILES string of the molecule is COc1cccc(OC)c1C(O)C1CCC(C)(C)CC1. The molecule has 0 saturated heterocycles. The molecule has 3 heteroatoms. The molecule has 3 nitrogen and oxygen atoms in total. The number of rotatable bonds is 4. The second-order valence-electron chi connectivity index (χ2n) is 6.52. The summed E-state index contributed by atoms with van der Waals surface area (Å²) in [6.45, 7) is 4.61. The highest BCUT2D eigenvalue weighted by Gasteiger charge is 2.33. The Bertz CT molecular complexity index is 421.